The summed E-state index contributed by atoms with van der Waals surface area (Å²) < 4.78 is 0. The molecular formula is C17H29N3O. The Bertz CT molecular complexity index is 413. The average molecular weight is 291 g/mol. The zero-order valence-electron chi connectivity index (χ0n) is 13.8. The molecule has 1 atom stereocenters. The number of amides is 1. The molecule has 0 aromatic heterocycles. The van der Waals surface area contributed by atoms with Crippen LogP contribution < -0.4 is 10.6 Å². The lowest BCUT2D eigenvalue weighted by atomic mass is 10.1. The smallest absolute Gasteiger partial charge is 0.251 e. The Morgan fingerprint density at radius 2 is 1.81 bits per heavy atom. The highest BCUT2D eigenvalue weighted by molar-refractivity contribution is 5.94. The van der Waals surface area contributed by atoms with Crippen LogP contribution in [-0.2, 0) is 0 Å². The highest BCUT2D eigenvalue weighted by atomic mass is 16.1. The summed E-state index contributed by atoms with van der Waals surface area (Å²) in [5.74, 6) is 0.00740. The fraction of sp³-hybridized carbons (Fsp3) is 0.588. The van der Waals surface area contributed by atoms with E-state index >= 15 is 0 Å². The van der Waals surface area contributed by atoms with Crippen molar-refractivity contribution < 1.29 is 4.79 Å². The Kier molecular flexibility index (Phi) is 7.83. The Morgan fingerprint density at radius 3 is 2.33 bits per heavy atom. The summed E-state index contributed by atoms with van der Waals surface area (Å²) in [5, 5.41) is 6.11. The fourth-order valence-electron chi connectivity index (χ4n) is 2.33. The topological polar surface area (TPSA) is 44.4 Å². The van der Waals surface area contributed by atoms with Gasteiger partial charge in [-0.1, -0.05) is 13.8 Å². The zero-order chi connectivity index (χ0) is 15.7. The van der Waals surface area contributed by atoms with Crippen LogP contribution in [0.25, 0.3) is 0 Å². The summed E-state index contributed by atoms with van der Waals surface area (Å²) in [5.41, 5.74) is 1.73. The number of hydrogen-bond acceptors (Lipinski definition) is 3. The molecule has 21 heavy (non-hydrogen) atoms. The Balaban J connectivity index is 2.35. The molecule has 4 heteroatoms. The largest absolute Gasteiger partial charge is 0.388 e. The van der Waals surface area contributed by atoms with Gasteiger partial charge in [0.2, 0.25) is 0 Å². The second-order valence-corrected chi connectivity index (χ2v) is 5.37. The summed E-state index contributed by atoms with van der Waals surface area (Å²) in [6.07, 6.45) is 2.12. The van der Waals surface area contributed by atoms with Gasteiger partial charge < -0.3 is 15.5 Å². The second-order valence-electron chi connectivity index (χ2n) is 5.37. The molecule has 4 nitrogen and oxygen atoms in total. The van der Waals surface area contributed by atoms with Crippen molar-refractivity contribution in [3.05, 3.63) is 29.8 Å². The maximum Gasteiger partial charge on any atom is 0.251 e. The van der Waals surface area contributed by atoms with E-state index in [0.717, 1.165) is 38.2 Å². The number of rotatable bonds is 9. The molecule has 0 fully saturated rings. The van der Waals surface area contributed by atoms with E-state index in [4.69, 9.17) is 0 Å². The van der Waals surface area contributed by atoms with Crippen LogP contribution in [0.1, 0.15) is 44.0 Å². The molecule has 0 aliphatic rings. The van der Waals surface area contributed by atoms with Gasteiger partial charge in [0.05, 0.1) is 0 Å². The van der Waals surface area contributed by atoms with Crippen molar-refractivity contribution in [1.29, 1.82) is 0 Å². The highest BCUT2D eigenvalue weighted by Crippen LogP contribution is 2.09. The molecule has 1 unspecified atom stereocenters. The molecule has 0 saturated heterocycles. The Labute approximate surface area is 128 Å². The first-order valence-electron chi connectivity index (χ1n) is 7.91. The maximum atomic E-state index is 12.1. The summed E-state index contributed by atoms with van der Waals surface area (Å²) in [7, 11) is 1.87. The molecule has 1 amide bonds. The molecule has 1 rings (SSSR count). The third kappa shape index (κ3) is 6.17. The first-order valence-corrected chi connectivity index (χ1v) is 7.91. The van der Waals surface area contributed by atoms with Crippen molar-refractivity contribution in [2.24, 2.45) is 0 Å². The molecule has 0 radical (unpaired) electrons. The van der Waals surface area contributed by atoms with E-state index < -0.39 is 0 Å². The summed E-state index contributed by atoms with van der Waals surface area (Å²) in [6, 6.07) is 7.74. The van der Waals surface area contributed by atoms with Crippen LogP contribution in [0.15, 0.2) is 24.3 Å². The van der Waals surface area contributed by atoms with Crippen molar-refractivity contribution in [3.8, 4) is 0 Å². The minimum atomic E-state index is 0.00740. The van der Waals surface area contributed by atoms with Crippen LogP contribution in [0.5, 0.6) is 0 Å². The van der Waals surface area contributed by atoms with Crippen LogP contribution in [-0.4, -0.2) is 43.5 Å². The van der Waals surface area contributed by atoms with Crippen molar-refractivity contribution in [3.63, 3.8) is 0 Å². The van der Waals surface area contributed by atoms with Crippen molar-refractivity contribution >= 4 is 11.6 Å². The van der Waals surface area contributed by atoms with E-state index in [1.54, 1.807) is 0 Å². The van der Waals surface area contributed by atoms with Gasteiger partial charge in [-0.15, -0.1) is 0 Å². The molecule has 0 spiro atoms. The van der Waals surface area contributed by atoms with Gasteiger partial charge in [-0.05, 0) is 63.7 Å². The van der Waals surface area contributed by atoms with Crippen molar-refractivity contribution in [2.45, 2.75) is 39.7 Å². The number of benzene rings is 1. The normalized spacial score (nSPS) is 12.2. The summed E-state index contributed by atoms with van der Waals surface area (Å²) in [6.45, 7) is 9.73. The molecule has 0 aliphatic heterocycles. The first kappa shape index (κ1) is 17.5. The second kappa shape index (κ2) is 9.40. The van der Waals surface area contributed by atoms with Gasteiger partial charge >= 0.3 is 0 Å². The predicted molar refractivity (Wildman–Crippen MR) is 89.9 cm³/mol. The Morgan fingerprint density at radius 1 is 1.19 bits per heavy atom. The molecule has 0 aliphatic carbocycles. The number of hydrogen-bond donors (Lipinski definition) is 2. The monoisotopic (exact) mass is 291 g/mol. The van der Waals surface area contributed by atoms with Gasteiger partial charge in [0.25, 0.3) is 5.91 Å². The van der Waals surface area contributed by atoms with Crippen LogP contribution in [0.3, 0.4) is 0 Å². The van der Waals surface area contributed by atoms with Crippen molar-refractivity contribution in [2.75, 3.05) is 32.0 Å². The standard InChI is InChI=1S/C17H29N3O/c1-5-20(6-2)13-7-8-14(3)19-17(21)15-9-11-16(18-4)12-10-15/h9-12,14,18H,5-8,13H2,1-4H3,(H,19,21). The molecule has 2 N–H and O–H groups in total. The molecule has 1 aromatic rings. The van der Waals surface area contributed by atoms with E-state index in [1.165, 1.54) is 0 Å². The molecular weight excluding hydrogens is 262 g/mol. The van der Waals surface area contributed by atoms with Gasteiger partial charge in [0.15, 0.2) is 0 Å². The summed E-state index contributed by atoms with van der Waals surface area (Å²) in [4.78, 5) is 14.5. The van der Waals surface area contributed by atoms with Crippen LogP contribution in [0.4, 0.5) is 5.69 Å². The Hall–Kier alpha value is -1.55. The SMILES string of the molecule is CCN(CC)CCCC(C)NC(=O)c1ccc(NC)cc1. The van der Waals surface area contributed by atoms with Gasteiger partial charge in [0.1, 0.15) is 0 Å². The zero-order valence-corrected chi connectivity index (χ0v) is 13.8. The maximum absolute atomic E-state index is 12.1. The van der Waals surface area contributed by atoms with E-state index in [0.29, 0.717) is 5.56 Å². The van der Waals surface area contributed by atoms with E-state index in [-0.39, 0.29) is 11.9 Å². The number of nitrogens with zero attached hydrogens (tertiary/aromatic N) is 1. The number of carbonyl (C=O) groups is 1. The molecule has 0 bridgehead atoms. The number of nitrogens with one attached hydrogen (secondary N) is 2. The van der Waals surface area contributed by atoms with Crippen LogP contribution >= 0.6 is 0 Å². The van der Waals surface area contributed by atoms with E-state index in [1.807, 2.05) is 31.3 Å². The minimum absolute atomic E-state index is 0.00740. The number of anilines is 1. The highest BCUT2D eigenvalue weighted by Gasteiger charge is 2.10. The van der Waals surface area contributed by atoms with Crippen molar-refractivity contribution in [1.82, 2.24) is 10.2 Å². The quantitative estimate of drug-likeness (QED) is 0.735. The molecule has 118 valence electrons. The minimum Gasteiger partial charge on any atom is -0.388 e. The molecule has 0 saturated carbocycles. The van der Waals surface area contributed by atoms with Gasteiger partial charge in [-0.25, -0.2) is 0 Å². The van der Waals surface area contributed by atoms with E-state index in [9.17, 15) is 4.79 Å². The fourth-order valence-corrected chi connectivity index (χ4v) is 2.33. The third-order valence-electron chi connectivity index (χ3n) is 3.82. The van der Waals surface area contributed by atoms with Gasteiger partial charge in [0, 0.05) is 24.3 Å². The number of carbonyl (C=O) groups excluding carboxylic acids is 1. The molecule has 1 aromatic carbocycles. The van der Waals surface area contributed by atoms with Gasteiger partial charge in [-0.3, -0.25) is 4.79 Å². The average Bonchev–Trinajstić information content (AvgIpc) is 2.51. The lowest BCUT2D eigenvalue weighted by Gasteiger charge is -2.19. The third-order valence-corrected chi connectivity index (χ3v) is 3.82. The lowest BCUT2D eigenvalue weighted by molar-refractivity contribution is 0.0937. The van der Waals surface area contributed by atoms with E-state index in [2.05, 4.69) is 36.3 Å². The first-order chi connectivity index (χ1) is 10.1. The predicted octanol–water partition coefficient (Wildman–Crippen LogP) is 2.97. The summed E-state index contributed by atoms with van der Waals surface area (Å²) >= 11 is 0. The van der Waals surface area contributed by atoms with Crippen LogP contribution in [0.2, 0.25) is 0 Å². The van der Waals surface area contributed by atoms with Gasteiger partial charge in [-0.2, -0.15) is 0 Å². The molecule has 0 heterocycles. The van der Waals surface area contributed by atoms with Crippen LogP contribution in [0, 0.1) is 0 Å². The lowest BCUT2D eigenvalue weighted by Crippen LogP contribution is -2.33.